The van der Waals surface area contributed by atoms with Crippen molar-refractivity contribution in [1.29, 1.82) is 0 Å². The van der Waals surface area contributed by atoms with Gasteiger partial charge in [-0.3, -0.25) is 0 Å². The number of fused-ring (bicyclic) bond motifs is 1. The van der Waals surface area contributed by atoms with E-state index >= 15 is 0 Å². The van der Waals surface area contributed by atoms with Crippen LogP contribution in [-0.2, 0) is 0 Å². The third-order valence-electron chi connectivity index (χ3n) is 4.22. The summed E-state index contributed by atoms with van der Waals surface area (Å²) in [6.07, 6.45) is 1.81. The molecule has 0 aliphatic carbocycles. The topological polar surface area (TPSA) is 48.1 Å². The fourth-order valence-corrected chi connectivity index (χ4v) is 3.61. The van der Waals surface area contributed by atoms with Gasteiger partial charge in [0.05, 0.1) is 17.6 Å². The van der Waals surface area contributed by atoms with Crippen LogP contribution in [0, 0.1) is 20.8 Å². The van der Waals surface area contributed by atoms with Gasteiger partial charge in [-0.15, -0.1) is 11.3 Å². The number of benzene rings is 2. The van der Waals surface area contributed by atoms with Crippen molar-refractivity contribution in [2.45, 2.75) is 20.8 Å². The summed E-state index contributed by atoms with van der Waals surface area (Å²) in [6, 6.07) is 12.0. The zero-order valence-corrected chi connectivity index (χ0v) is 15.7. The van der Waals surface area contributed by atoms with Crippen LogP contribution in [0.25, 0.3) is 0 Å². The van der Waals surface area contributed by atoms with Crippen LogP contribution in [0.3, 0.4) is 0 Å². The van der Waals surface area contributed by atoms with Crippen LogP contribution in [0.2, 0.25) is 0 Å². The molecule has 0 bridgehead atoms. The maximum Gasteiger partial charge on any atom is 0.231 e. The molecule has 0 radical (unpaired) electrons. The molecule has 1 aliphatic heterocycles. The van der Waals surface area contributed by atoms with Crippen LogP contribution in [0.5, 0.6) is 11.5 Å². The molecule has 26 heavy (non-hydrogen) atoms. The highest BCUT2D eigenvalue weighted by Crippen LogP contribution is 2.32. The van der Waals surface area contributed by atoms with Gasteiger partial charge < -0.3 is 9.47 Å². The van der Waals surface area contributed by atoms with E-state index in [1.165, 1.54) is 0 Å². The number of thiazole rings is 1. The molecule has 5 nitrogen and oxygen atoms in total. The maximum absolute atomic E-state index is 5.42. The van der Waals surface area contributed by atoms with Crippen LogP contribution >= 0.6 is 11.3 Å². The Bertz CT molecular complexity index is 1040. The van der Waals surface area contributed by atoms with Crippen molar-refractivity contribution in [1.82, 2.24) is 4.68 Å². The summed E-state index contributed by atoms with van der Waals surface area (Å²) in [5.41, 5.74) is 5.30. The fraction of sp³-hybridized carbons (Fsp3) is 0.200. The van der Waals surface area contributed by atoms with Crippen molar-refractivity contribution in [3.05, 3.63) is 69.0 Å². The van der Waals surface area contributed by atoms with E-state index in [9.17, 15) is 0 Å². The summed E-state index contributed by atoms with van der Waals surface area (Å²) in [5, 5.41) is 6.69. The van der Waals surface area contributed by atoms with E-state index in [2.05, 4.69) is 42.5 Å². The maximum atomic E-state index is 5.42. The number of nitrogens with zero attached hydrogens (tertiary/aromatic N) is 3. The Kier molecular flexibility index (Phi) is 4.34. The first-order valence-electron chi connectivity index (χ1n) is 8.34. The number of hydrogen-bond donors (Lipinski definition) is 0. The molecular weight excluding hydrogens is 346 g/mol. The van der Waals surface area contributed by atoms with Gasteiger partial charge in [-0.2, -0.15) is 5.10 Å². The van der Waals surface area contributed by atoms with Crippen LogP contribution in [-0.4, -0.2) is 17.7 Å². The van der Waals surface area contributed by atoms with Crippen LogP contribution in [0.15, 0.2) is 51.9 Å². The number of aryl methyl sites for hydroxylation is 3. The van der Waals surface area contributed by atoms with Gasteiger partial charge in [0.25, 0.3) is 0 Å². The van der Waals surface area contributed by atoms with E-state index in [1.807, 2.05) is 36.0 Å². The van der Waals surface area contributed by atoms with Crippen molar-refractivity contribution in [3.8, 4) is 11.5 Å². The second kappa shape index (κ2) is 6.80. The van der Waals surface area contributed by atoms with Gasteiger partial charge in [0.15, 0.2) is 11.5 Å². The zero-order valence-electron chi connectivity index (χ0n) is 14.9. The normalized spacial score (nSPS) is 13.7. The Morgan fingerprint density at radius 2 is 1.81 bits per heavy atom. The first kappa shape index (κ1) is 16.6. The van der Waals surface area contributed by atoms with E-state index in [4.69, 9.17) is 14.5 Å². The monoisotopic (exact) mass is 365 g/mol. The molecule has 1 aliphatic rings. The van der Waals surface area contributed by atoms with Crippen molar-refractivity contribution < 1.29 is 9.47 Å². The van der Waals surface area contributed by atoms with Crippen LogP contribution < -0.4 is 14.3 Å². The van der Waals surface area contributed by atoms with Gasteiger partial charge in [-0.05, 0) is 55.7 Å². The zero-order chi connectivity index (χ0) is 18.1. The fourth-order valence-electron chi connectivity index (χ4n) is 2.80. The van der Waals surface area contributed by atoms with Crippen molar-refractivity contribution >= 4 is 23.2 Å². The molecule has 0 atom stereocenters. The molecule has 0 unspecified atom stereocenters. The van der Waals surface area contributed by atoms with Crippen LogP contribution in [0.1, 0.15) is 22.4 Å². The highest BCUT2D eigenvalue weighted by Gasteiger charge is 2.12. The highest BCUT2D eigenvalue weighted by atomic mass is 32.1. The van der Waals surface area contributed by atoms with E-state index in [0.29, 0.717) is 0 Å². The van der Waals surface area contributed by atoms with Gasteiger partial charge in [0, 0.05) is 5.38 Å². The highest BCUT2D eigenvalue weighted by molar-refractivity contribution is 7.07. The molecule has 2 aromatic carbocycles. The standard InChI is InChI=1S/C20H19N3O2S/c1-13-5-4-6-14(2)19(13)22-20-23(15(3)11-26-20)21-10-16-7-8-17-18(9-16)25-12-24-17/h4-11H,12H2,1-3H3. The van der Waals surface area contributed by atoms with E-state index in [-0.39, 0.29) is 6.79 Å². The molecule has 4 rings (SSSR count). The Morgan fingerprint density at radius 3 is 2.62 bits per heavy atom. The summed E-state index contributed by atoms with van der Waals surface area (Å²) in [7, 11) is 0. The summed E-state index contributed by atoms with van der Waals surface area (Å²) in [5.74, 6) is 1.52. The molecule has 132 valence electrons. The van der Waals surface area contributed by atoms with Gasteiger partial charge in [-0.1, -0.05) is 18.2 Å². The molecule has 0 N–H and O–H groups in total. The molecule has 0 amide bonds. The Balaban J connectivity index is 1.72. The first-order valence-corrected chi connectivity index (χ1v) is 9.22. The quantitative estimate of drug-likeness (QED) is 0.649. The molecule has 2 heterocycles. The van der Waals surface area contributed by atoms with Crippen LogP contribution in [0.4, 0.5) is 5.69 Å². The van der Waals surface area contributed by atoms with Gasteiger partial charge in [0.2, 0.25) is 11.6 Å². The summed E-state index contributed by atoms with van der Waals surface area (Å²) < 4.78 is 12.6. The lowest BCUT2D eigenvalue weighted by molar-refractivity contribution is 0.174. The van der Waals surface area contributed by atoms with Crippen molar-refractivity contribution in [2.75, 3.05) is 6.79 Å². The lowest BCUT2D eigenvalue weighted by Gasteiger charge is -2.04. The third kappa shape index (κ3) is 3.15. The minimum atomic E-state index is 0.271. The smallest absolute Gasteiger partial charge is 0.231 e. The lowest BCUT2D eigenvalue weighted by atomic mass is 10.1. The van der Waals surface area contributed by atoms with E-state index < -0.39 is 0 Å². The Morgan fingerprint density at radius 1 is 1.04 bits per heavy atom. The number of rotatable bonds is 3. The summed E-state index contributed by atoms with van der Waals surface area (Å²) in [4.78, 5) is 5.70. The average Bonchev–Trinajstić information content (AvgIpc) is 3.22. The molecule has 0 fully saturated rings. The number of aromatic nitrogens is 1. The molecule has 0 spiro atoms. The Labute approximate surface area is 155 Å². The summed E-state index contributed by atoms with van der Waals surface area (Å²) >= 11 is 1.58. The molecule has 0 saturated carbocycles. The number of hydrogen-bond acceptors (Lipinski definition) is 5. The lowest BCUT2D eigenvalue weighted by Crippen LogP contribution is -2.11. The largest absolute Gasteiger partial charge is 0.454 e. The summed E-state index contributed by atoms with van der Waals surface area (Å²) in [6.45, 7) is 6.45. The van der Waals surface area contributed by atoms with E-state index in [1.54, 1.807) is 11.3 Å². The predicted octanol–water partition coefficient (Wildman–Crippen LogP) is 4.32. The molecular formula is C20H19N3O2S. The van der Waals surface area contributed by atoms with Crippen molar-refractivity contribution in [3.63, 3.8) is 0 Å². The SMILES string of the molecule is Cc1cccc(C)c1N=c1scc(C)n1N=Cc1ccc2c(c1)OCO2. The average molecular weight is 365 g/mol. The Hall–Kier alpha value is -2.86. The molecule has 0 saturated heterocycles. The molecule has 1 aromatic heterocycles. The number of ether oxygens (including phenoxy) is 2. The first-order chi connectivity index (χ1) is 12.6. The molecule has 3 aromatic rings. The second-order valence-electron chi connectivity index (χ2n) is 6.18. The van der Waals surface area contributed by atoms with Gasteiger partial charge in [0.1, 0.15) is 0 Å². The molecule has 6 heteroatoms. The van der Waals surface area contributed by atoms with Crippen molar-refractivity contribution in [2.24, 2.45) is 10.1 Å². The number of para-hydroxylation sites is 1. The third-order valence-corrected chi connectivity index (χ3v) is 5.15. The van der Waals surface area contributed by atoms with E-state index in [0.717, 1.165) is 44.4 Å². The minimum Gasteiger partial charge on any atom is -0.454 e. The second-order valence-corrected chi connectivity index (χ2v) is 7.02. The minimum absolute atomic E-state index is 0.271. The van der Waals surface area contributed by atoms with Gasteiger partial charge in [-0.25, -0.2) is 9.67 Å². The van der Waals surface area contributed by atoms with Gasteiger partial charge >= 0.3 is 0 Å². The predicted molar refractivity (Wildman–Crippen MR) is 104 cm³/mol.